The maximum atomic E-state index is 9.17. The van der Waals surface area contributed by atoms with Crippen molar-refractivity contribution in [1.29, 1.82) is 0 Å². The van der Waals surface area contributed by atoms with Crippen LogP contribution in [0.2, 0.25) is 0 Å². The van der Waals surface area contributed by atoms with Crippen LogP contribution in [0, 0.1) is 23.7 Å². The SMILES string of the molecule is C[C@H]1CC[C@H]([C@@H](C)CO)[C@H]1CO. The molecule has 2 N–H and O–H groups in total. The van der Waals surface area contributed by atoms with Gasteiger partial charge in [-0.05, 0) is 30.1 Å². The predicted molar refractivity (Wildman–Crippen MR) is 48.7 cm³/mol. The molecule has 1 aliphatic carbocycles. The van der Waals surface area contributed by atoms with Crippen molar-refractivity contribution in [3.8, 4) is 0 Å². The van der Waals surface area contributed by atoms with Crippen molar-refractivity contribution >= 4 is 0 Å². The van der Waals surface area contributed by atoms with Gasteiger partial charge in [-0.2, -0.15) is 0 Å². The van der Waals surface area contributed by atoms with Crippen LogP contribution in [0.1, 0.15) is 26.7 Å². The Kier molecular flexibility index (Phi) is 3.53. The van der Waals surface area contributed by atoms with Crippen molar-refractivity contribution in [1.82, 2.24) is 0 Å². The Hall–Kier alpha value is -0.0800. The summed E-state index contributed by atoms with van der Waals surface area (Å²) in [6.07, 6.45) is 2.38. The summed E-state index contributed by atoms with van der Waals surface area (Å²) in [7, 11) is 0. The van der Waals surface area contributed by atoms with Crippen molar-refractivity contribution in [3.63, 3.8) is 0 Å². The summed E-state index contributed by atoms with van der Waals surface area (Å²) in [5.74, 6) is 1.95. The van der Waals surface area contributed by atoms with Crippen LogP contribution < -0.4 is 0 Å². The molecule has 12 heavy (non-hydrogen) atoms. The average Bonchev–Trinajstić information content (AvgIpc) is 2.45. The number of hydrogen-bond donors (Lipinski definition) is 2. The zero-order chi connectivity index (χ0) is 9.14. The zero-order valence-electron chi connectivity index (χ0n) is 8.03. The first-order chi connectivity index (χ1) is 5.70. The van der Waals surface area contributed by atoms with Crippen molar-refractivity contribution in [2.45, 2.75) is 26.7 Å². The van der Waals surface area contributed by atoms with Gasteiger partial charge in [0, 0.05) is 13.2 Å². The summed E-state index contributed by atoms with van der Waals surface area (Å²) >= 11 is 0. The third-order valence-corrected chi connectivity index (χ3v) is 3.47. The Bertz CT molecular complexity index is 136. The second-order valence-corrected chi connectivity index (χ2v) is 4.22. The first-order valence-corrected chi connectivity index (χ1v) is 4.92. The molecule has 2 nitrogen and oxygen atoms in total. The third-order valence-electron chi connectivity index (χ3n) is 3.47. The summed E-state index contributed by atoms with van der Waals surface area (Å²) in [6, 6.07) is 0. The van der Waals surface area contributed by atoms with Crippen LogP contribution in [0.4, 0.5) is 0 Å². The molecule has 1 fully saturated rings. The van der Waals surface area contributed by atoms with Crippen LogP contribution in [-0.4, -0.2) is 23.4 Å². The molecule has 1 saturated carbocycles. The van der Waals surface area contributed by atoms with Gasteiger partial charge in [-0.25, -0.2) is 0 Å². The molecule has 0 aliphatic heterocycles. The quantitative estimate of drug-likeness (QED) is 0.673. The number of aliphatic hydroxyl groups excluding tert-OH is 2. The van der Waals surface area contributed by atoms with E-state index in [1.54, 1.807) is 0 Å². The van der Waals surface area contributed by atoms with Crippen molar-refractivity contribution in [3.05, 3.63) is 0 Å². The lowest BCUT2D eigenvalue weighted by Gasteiger charge is -2.24. The highest BCUT2D eigenvalue weighted by Crippen LogP contribution is 2.40. The van der Waals surface area contributed by atoms with Gasteiger partial charge in [-0.1, -0.05) is 20.3 Å². The minimum Gasteiger partial charge on any atom is -0.396 e. The van der Waals surface area contributed by atoms with E-state index in [9.17, 15) is 0 Å². The van der Waals surface area contributed by atoms with Gasteiger partial charge in [-0.15, -0.1) is 0 Å². The molecule has 0 spiro atoms. The van der Waals surface area contributed by atoms with Crippen LogP contribution in [-0.2, 0) is 0 Å². The van der Waals surface area contributed by atoms with E-state index >= 15 is 0 Å². The van der Waals surface area contributed by atoms with E-state index in [2.05, 4.69) is 13.8 Å². The molecule has 72 valence electrons. The highest BCUT2D eigenvalue weighted by Gasteiger charge is 2.35. The second-order valence-electron chi connectivity index (χ2n) is 4.22. The highest BCUT2D eigenvalue weighted by molar-refractivity contribution is 4.84. The second kappa shape index (κ2) is 4.24. The molecular formula is C10H20O2. The average molecular weight is 172 g/mol. The Labute approximate surface area is 74.6 Å². The van der Waals surface area contributed by atoms with Gasteiger partial charge in [0.15, 0.2) is 0 Å². The van der Waals surface area contributed by atoms with Crippen LogP contribution in [0.3, 0.4) is 0 Å². The molecule has 0 amide bonds. The van der Waals surface area contributed by atoms with Crippen LogP contribution in [0.15, 0.2) is 0 Å². The Balaban J connectivity index is 2.53. The van der Waals surface area contributed by atoms with Crippen molar-refractivity contribution in [2.24, 2.45) is 23.7 Å². The molecule has 1 aliphatic rings. The smallest absolute Gasteiger partial charge is 0.0464 e. The minimum atomic E-state index is 0.258. The van der Waals surface area contributed by atoms with Crippen LogP contribution >= 0.6 is 0 Å². The van der Waals surface area contributed by atoms with Crippen LogP contribution in [0.25, 0.3) is 0 Å². The molecular weight excluding hydrogens is 152 g/mol. The predicted octanol–water partition coefficient (Wildman–Crippen LogP) is 1.27. The van der Waals surface area contributed by atoms with E-state index in [4.69, 9.17) is 10.2 Å². The van der Waals surface area contributed by atoms with Gasteiger partial charge < -0.3 is 10.2 Å². The minimum absolute atomic E-state index is 0.258. The molecule has 0 saturated heterocycles. The van der Waals surface area contributed by atoms with Crippen molar-refractivity contribution in [2.75, 3.05) is 13.2 Å². The van der Waals surface area contributed by atoms with Crippen molar-refractivity contribution < 1.29 is 10.2 Å². The maximum Gasteiger partial charge on any atom is 0.0464 e. The summed E-state index contributed by atoms with van der Waals surface area (Å²) in [5, 5.41) is 18.2. The van der Waals surface area contributed by atoms with E-state index in [0.717, 1.165) is 0 Å². The Morgan fingerprint density at radius 2 is 2.00 bits per heavy atom. The van der Waals surface area contributed by atoms with E-state index in [1.807, 2.05) is 0 Å². The Morgan fingerprint density at radius 3 is 2.50 bits per heavy atom. The molecule has 0 aromatic rings. The number of hydrogen-bond acceptors (Lipinski definition) is 2. The molecule has 0 aromatic heterocycles. The topological polar surface area (TPSA) is 40.5 Å². The third kappa shape index (κ3) is 1.80. The number of aliphatic hydroxyl groups is 2. The molecule has 0 bridgehead atoms. The zero-order valence-corrected chi connectivity index (χ0v) is 8.03. The molecule has 0 heterocycles. The van der Waals surface area contributed by atoms with Gasteiger partial charge in [0.05, 0.1) is 0 Å². The van der Waals surface area contributed by atoms with E-state index in [0.29, 0.717) is 23.7 Å². The van der Waals surface area contributed by atoms with Gasteiger partial charge in [0.2, 0.25) is 0 Å². The summed E-state index contributed by atoms with van der Waals surface area (Å²) < 4.78 is 0. The molecule has 2 heteroatoms. The largest absolute Gasteiger partial charge is 0.396 e. The molecule has 0 unspecified atom stereocenters. The lowest BCUT2D eigenvalue weighted by Crippen LogP contribution is -2.24. The van der Waals surface area contributed by atoms with E-state index in [-0.39, 0.29) is 13.2 Å². The first-order valence-electron chi connectivity index (χ1n) is 4.92. The fourth-order valence-electron chi connectivity index (χ4n) is 2.46. The summed E-state index contributed by atoms with van der Waals surface area (Å²) in [4.78, 5) is 0. The Morgan fingerprint density at radius 1 is 1.33 bits per heavy atom. The highest BCUT2D eigenvalue weighted by atomic mass is 16.3. The lowest BCUT2D eigenvalue weighted by atomic mass is 9.83. The van der Waals surface area contributed by atoms with E-state index in [1.165, 1.54) is 12.8 Å². The number of rotatable bonds is 3. The summed E-state index contributed by atoms with van der Waals surface area (Å²) in [6.45, 7) is 4.82. The monoisotopic (exact) mass is 172 g/mol. The van der Waals surface area contributed by atoms with Gasteiger partial charge in [0.25, 0.3) is 0 Å². The molecule has 0 radical (unpaired) electrons. The molecule has 0 aromatic carbocycles. The van der Waals surface area contributed by atoms with Gasteiger partial charge in [0.1, 0.15) is 0 Å². The normalized spacial score (nSPS) is 38.5. The fraction of sp³-hybridized carbons (Fsp3) is 1.00. The van der Waals surface area contributed by atoms with Gasteiger partial charge in [-0.3, -0.25) is 0 Å². The molecule has 1 rings (SSSR count). The van der Waals surface area contributed by atoms with Gasteiger partial charge >= 0.3 is 0 Å². The van der Waals surface area contributed by atoms with Crippen LogP contribution in [0.5, 0.6) is 0 Å². The summed E-state index contributed by atoms with van der Waals surface area (Å²) in [5.41, 5.74) is 0. The maximum absolute atomic E-state index is 9.17. The molecule has 4 atom stereocenters. The standard InChI is InChI=1S/C10H20O2/c1-7-3-4-9(8(2)5-11)10(7)6-12/h7-12H,3-6H2,1-2H3/t7-,8-,9+,10-/m0/s1. The van der Waals surface area contributed by atoms with E-state index < -0.39 is 0 Å². The lowest BCUT2D eigenvalue weighted by molar-refractivity contribution is 0.108. The fourth-order valence-corrected chi connectivity index (χ4v) is 2.46. The first kappa shape index (κ1) is 10.0.